The molecule has 1 saturated heterocycles. The number of benzene rings is 2. The molecule has 0 aliphatic carbocycles. The van der Waals surface area contributed by atoms with Crippen molar-refractivity contribution in [3.8, 4) is 5.69 Å². The molecule has 2 atom stereocenters. The Hall–Kier alpha value is -4.54. The Balaban J connectivity index is 1.57. The lowest BCUT2D eigenvalue weighted by molar-refractivity contribution is -0.119. The first-order valence-corrected chi connectivity index (χ1v) is 12.3. The second kappa shape index (κ2) is 10.8. The molecule has 1 aliphatic heterocycles. The van der Waals surface area contributed by atoms with Gasteiger partial charge in [0.1, 0.15) is 12.6 Å². The number of hydrogen-bond donors (Lipinski definition) is 3. The molecular formula is C28H25N5O4S. The number of anilines is 2. The number of carbonyl (C=O) groups excluding carboxylic acids is 1. The van der Waals surface area contributed by atoms with Gasteiger partial charge in [-0.15, -0.1) is 0 Å². The van der Waals surface area contributed by atoms with E-state index in [0.717, 1.165) is 22.8 Å². The number of methoxy groups -OCH3 is 1. The van der Waals surface area contributed by atoms with Crippen LogP contribution in [-0.2, 0) is 9.53 Å². The molecule has 10 heteroatoms. The molecule has 3 N–H and O–H groups in total. The average molecular weight is 528 g/mol. The van der Waals surface area contributed by atoms with Gasteiger partial charge in [0.05, 0.1) is 17.3 Å². The summed E-state index contributed by atoms with van der Waals surface area (Å²) in [4.78, 5) is 30.2. The van der Waals surface area contributed by atoms with Gasteiger partial charge in [-0.1, -0.05) is 12.1 Å². The molecule has 2 aromatic heterocycles. The molecule has 38 heavy (non-hydrogen) atoms. The van der Waals surface area contributed by atoms with Crippen molar-refractivity contribution in [2.75, 3.05) is 23.9 Å². The summed E-state index contributed by atoms with van der Waals surface area (Å²) in [6.07, 6.45) is 3.65. The number of ether oxygens (including phenoxy) is 1. The minimum atomic E-state index is -0.991. The molecule has 0 spiro atoms. The van der Waals surface area contributed by atoms with Gasteiger partial charge in [0.2, 0.25) is 5.91 Å². The minimum Gasteiger partial charge on any atom is -0.478 e. The van der Waals surface area contributed by atoms with E-state index in [1.54, 1.807) is 24.4 Å². The molecule has 0 bridgehead atoms. The molecule has 0 saturated carbocycles. The normalized spacial score (nSPS) is 16.8. The van der Waals surface area contributed by atoms with E-state index in [1.807, 2.05) is 76.3 Å². The van der Waals surface area contributed by atoms with Gasteiger partial charge in [-0.2, -0.15) is 0 Å². The highest BCUT2D eigenvalue weighted by atomic mass is 32.1. The summed E-state index contributed by atoms with van der Waals surface area (Å²) in [7, 11) is 1.47. The van der Waals surface area contributed by atoms with Crippen molar-refractivity contribution in [2.45, 2.75) is 12.1 Å². The molecule has 1 fully saturated rings. The van der Waals surface area contributed by atoms with Crippen LogP contribution in [0.4, 0.5) is 11.4 Å². The first kappa shape index (κ1) is 25.1. The van der Waals surface area contributed by atoms with Crippen LogP contribution in [0.2, 0.25) is 0 Å². The zero-order valence-electron chi connectivity index (χ0n) is 20.4. The summed E-state index contributed by atoms with van der Waals surface area (Å²) in [6.45, 7) is -0.0320. The molecule has 2 aromatic carbocycles. The summed E-state index contributed by atoms with van der Waals surface area (Å²) in [5.41, 5.74) is 4.10. The molecule has 4 aromatic rings. The second-order valence-electron chi connectivity index (χ2n) is 8.68. The SMILES string of the molecule is COCC(=O)Nc1ccc(N2C(=S)N[C@H](c3ccccn3)[C@@H]2c2cccn2-c2cccc(C(=O)O)c2)cc1. The molecule has 3 heterocycles. The zero-order chi connectivity index (χ0) is 26.6. The van der Waals surface area contributed by atoms with Gasteiger partial charge in [-0.05, 0) is 78.9 Å². The Kier molecular flexibility index (Phi) is 7.16. The zero-order valence-corrected chi connectivity index (χ0v) is 21.3. The maximum Gasteiger partial charge on any atom is 0.335 e. The van der Waals surface area contributed by atoms with Crippen molar-refractivity contribution in [1.82, 2.24) is 14.9 Å². The fraction of sp³-hybridized carbons (Fsp3) is 0.143. The van der Waals surface area contributed by atoms with Crippen LogP contribution in [0.15, 0.2) is 91.3 Å². The largest absolute Gasteiger partial charge is 0.478 e. The van der Waals surface area contributed by atoms with E-state index in [1.165, 1.54) is 7.11 Å². The van der Waals surface area contributed by atoms with E-state index in [0.29, 0.717) is 10.8 Å². The number of carboxylic acid groups (broad SMARTS) is 1. The predicted octanol–water partition coefficient (Wildman–Crippen LogP) is 4.33. The number of nitrogens with one attached hydrogen (secondary N) is 2. The number of nitrogens with zero attached hydrogens (tertiary/aromatic N) is 3. The third-order valence-electron chi connectivity index (χ3n) is 6.26. The summed E-state index contributed by atoms with van der Waals surface area (Å²) < 4.78 is 6.85. The van der Waals surface area contributed by atoms with E-state index in [-0.39, 0.29) is 30.2 Å². The van der Waals surface area contributed by atoms with Crippen molar-refractivity contribution in [3.63, 3.8) is 0 Å². The van der Waals surface area contributed by atoms with Gasteiger partial charge in [-0.25, -0.2) is 4.79 Å². The van der Waals surface area contributed by atoms with Crippen LogP contribution in [0.25, 0.3) is 5.69 Å². The lowest BCUT2D eigenvalue weighted by Gasteiger charge is -2.29. The molecular weight excluding hydrogens is 502 g/mol. The lowest BCUT2D eigenvalue weighted by atomic mass is 10.0. The van der Waals surface area contributed by atoms with Crippen LogP contribution in [0.1, 0.15) is 33.8 Å². The highest BCUT2D eigenvalue weighted by molar-refractivity contribution is 7.80. The smallest absolute Gasteiger partial charge is 0.335 e. The van der Waals surface area contributed by atoms with E-state index in [9.17, 15) is 14.7 Å². The maximum absolute atomic E-state index is 11.9. The number of aromatic carboxylic acids is 1. The standard InChI is InChI=1S/C28H25N5O4S/c1-37-17-24(34)30-19-10-12-20(13-11-19)33-26(25(31-28(33)38)22-8-2-3-14-29-22)23-9-5-15-32(23)21-7-4-6-18(16-21)27(35)36/h2-16,25-26H,17H2,1H3,(H,30,34)(H,31,38)(H,35,36)/t25-,26+/m1/s1. The fourth-order valence-electron chi connectivity index (χ4n) is 4.63. The highest BCUT2D eigenvalue weighted by Gasteiger charge is 2.42. The van der Waals surface area contributed by atoms with E-state index >= 15 is 0 Å². The fourth-order valence-corrected chi connectivity index (χ4v) is 4.97. The monoisotopic (exact) mass is 527 g/mol. The number of aromatic nitrogens is 2. The summed E-state index contributed by atoms with van der Waals surface area (Å²) in [5.74, 6) is -1.23. The molecule has 9 nitrogen and oxygen atoms in total. The number of hydrogen-bond acceptors (Lipinski definition) is 5. The third-order valence-corrected chi connectivity index (χ3v) is 6.57. The molecule has 1 amide bonds. The molecule has 192 valence electrons. The third kappa shape index (κ3) is 4.99. The number of thiocarbonyl (C=S) groups is 1. The first-order valence-electron chi connectivity index (χ1n) is 11.9. The Morgan fingerprint density at radius 3 is 2.58 bits per heavy atom. The predicted molar refractivity (Wildman–Crippen MR) is 148 cm³/mol. The first-order chi connectivity index (χ1) is 18.5. The Morgan fingerprint density at radius 1 is 1.05 bits per heavy atom. The van der Waals surface area contributed by atoms with Crippen LogP contribution < -0.4 is 15.5 Å². The quantitative estimate of drug-likeness (QED) is 0.291. The number of carboxylic acids is 1. The highest BCUT2D eigenvalue weighted by Crippen LogP contribution is 2.42. The van der Waals surface area contributed by atoms with E-state index in [4.69, 9.17) is 17.0 Å². The van der Waals surface area contributed by atoms with Crippen LogP contribution in [0.3, 0.4) is 0 Å². The van der Waals surface area contributed by atoms with Gasteiger partial charge in [0.25, 0.3) is 0 Å². The van der Waals surface area contributed by atoms with Gasteiger partial charge >= 0.3 is 5.97 Å². The van der Waals surface area contributed by atoms with Crippen LogP contribution in [0, 0.1) is 0 Å². The average Bonchev–Trinajstić information content (AvgIpc) is 3.54. The van der Waals surface area contributed by atoms with Gasteiger partial charge in [0, 0.05) is 42.3 Å². The molecule has 1 aliphatic rings. The van der Waals surface area contributed by atoms with Crippen molar-refractivity contribution < 1.29 is 19.4 Å². The van der Waals surface area contributed by atoms with Gasteiger partial charge < -0.3 is 29.9 Å². The van der Waals surface area contributed by atoms with Gasteiger partial charge in [-0.3, -0.25) is 9.78 Å². The van der Waals surface area contributed by atoms with E-state index < -0.39 is 5.97 Å². The number of pyridine rings is 1. The van der Waals surface area contributed by atoms with Crippen LogP contribution in [0.5, 0.6) is 0 Å². The number of carbonyl (C=O) groups is 2. The summed E-state index contributed by atoms with van der Waals surface area (Å²) in [5, 5.41) is 16.3. The second-order valence-corrected chi connectivity index (χ2v) is 9.07. The lowest BCUT2D eigenvalue weighted by Crippen LogP contribution is -2.30. The van der Waals surface area contributed by atoms with Crippen molar-refractivity contribution in [1.29, 1.82) is 0 Å². The summed E-state index contributed by atoms with van der Waals surface area (Å²) >= 11 is 5.82. The Labute approximate surface area is 224 Å². The van der Waals surface area contributed by atoms with Crippen molar-refractivity contribution >= 4 is 40.6 Å². The van der Waals surface area contributed by atoms with Crippen molar-refractivity contribution in [3.05, 3.63) is 108 Å². The Bertz CT molecular complexity index is 1470. The number of amides is 1. The summed E-state index contributed by atoms with van der Waals surface area (Å²) in [6, 6.07) is 23.3. The van der Waals surface area contributed by atoms with Crippen LogP contribution >= 0.6 is 12.2 Å². The maximum atomic E-state index is 11.9. The van der Waals surface area contributed by atoms with E-state index in [2.05, 4.69) is 15.6 Å². The molecule has 5 rings (SSSR count). The number of rotatable bonds is 8. The minimum absolute atomic E-state index is 0.0320. The Morgan fingerprint density at radius 2 is 1.87 bits per heavy atom. The molecule has 0 unspecified atom stereocenters. The molecule has 0 radical (unpaired) electrons. The van der Waals surface area contributed by atoms with Gasteiger partial charge in [0.15, 0.2) is 5.11 Å². The topological polar surface area (TPSA) is 109 Å². The van der Waals surface area contributed by atoms with Crippen molar-refractivity contribution in [2.24, 2.45) is 0 Å². The van der Waals surface area contributed by atoms with Crippen LogP contribution in [-0.4, -0.2) is 45.4 Å².